The van der Waals surface area contributed by atoms with Crippen molar-refractivity contribution in [1.82, 2.24) is 0 Å². The lowest BCUT2D eigenvalue weighted by atomic mass is 10.7. The van der Waals surface area contributed by atoms with Crippen molar-refractivity contribution in [2.24, 2.45) is 0 Å². The van der Waals surface area contributed by atoms with Crippen molar-refractivity contribution in [2.75, 3.05) is 19.8 Å². The molecule has 24 heavy (non-hydrogen) atoms. The van der Waals surface area contributed by atoms with Crippen LogP contribution in [0, 0.1) is 0 Å². The highest BCUT2D eigenvalue weighted by Crippen LogP contribution is 1.80. The molecule has 0 aliphatic carbocycles. The Morgan fingerprint density at radius 2 is 0.833 bits per heavy atom. The molecule has 0 bridgehead atoms. The fourth-order valence-electron chi connectivity index (χ4n) is 0.453. The third kappa shape index (κ3) is 27.8. The normalized spacial score (nSPS) is 8.12. The lowest BCUT2D eigenvalue weighted by Crippen LogP contribution is -2.00. The van der Waals surface area contributed by atoms with Crippen LogP contribution in [0.4, 0.5) is 0 Å². The molecule has 0 fully saturated rings. The standard InChI is InChI=1S/3C5H8O3/c3*1-3-5(6)8-7-4-2/h3*3H,1,4H2,2H3. The number of hydrogen-bond acceptors (Lipinski definition) is 9. The third-order valence-corrected chi connectivity index (χ3v) is 1.28. The van der Waals surface area contributed by atoms with Crippen molar-refractivity contribution in [3.8, 4) is 0 Å². The maximum Gasteiger partial charge on any atom is 0.365 e. The monoisotopic (exact) mass is 348 g/mol. The molecular formula is C15H24O9. The molecule has 0 unspecified atom stereocenters. The minimum atomic E-state index is -0.563. The summed E-state index contributed by atoms with van der Waals surface area (Å²) in [5.41, 5.74) is 0. The second-order valence-corrected chi connectivity index (χ2v) is 3.04. The predicted octanol–water partition coefficient (Wildman–Crippen LogP) is 2.00. The second kappa shape index (κ2) is 22.8. The van der Waals surface area contributed by atoms with E-state index in [-0.39, 0.29) is 0 Å². The van der Waals surface area contributed by atoms with Gasteiger partial charge >= 0.3 is 17.9 Å². The summed E-state index contributed by atoms with van der Waals surface area (Å²) in [5.74, 6) is -1.69. The molecule has 0 aromatic carbocycles. The highest BCUT2D eigenvalue weighted by atomic mass is 17.2. The molecule has 9 heteroatoms. The molecule has 0 amide bonds. The maximum atomic E-state index is 10.1. The van der Waals surface area contributed by atoms with Crippen LogP contribution >= 0.6 is 0 Å². The summed E-state index contributed by atoms with van der Waals surface area (Å²) in [6, 6.07) is 0. The quantitative estimate of drug-likeness (QED) is 0.351. The zero-order valence-corrected chi connectivity index (χ0v) is 14.1. The van der Waals surface area contributed by atoms with E-state index in [4.69, 9.17) is 0 Å². The number of carbonyl (C=O) groups is 3. The SMILES string of the molecule is C=CC(=O)OOCC.C=CC(=O)OOCC.C=CC(=O)OOCC. The lowest BCUT2D eigenvalue weighted by molar-refractivity contribution is -0.264. The van der Waals surface area contributed by atoms with Crippen LogP contribution in [0.1, 0.15) is 20.8 Å². The molecule has 0 aliphatic heterocycles. The van der Waals surface area contributed by atoms with E-state index in [1.165, 1.54) is 0 Å². The van der Waals surface area contributed by atoms with Crippen molar-refractivity contribution in [1.29, 1.82) is 0 Å². The molecule has 0 heterocycles. The van der Waals surface area contributed by atoms with Crippen LogP contribution in [0.5, 0.6) is 0 Å². The first kappa shape index (κ1) is 26.4. The Hall–Kier alpha value is -2.49. The van der Waals surface area contributed by atoms with Gasteiger partial charge in [-0.3, -0.25) is 14.7 Å². The van der Waals surface area contributed by atoms with Crippen molar-refractivity contribution >= 4 is 17.9 Å². The Balaban J connectivity index is -0.000000276. The van der Waals surface area contributed by atoms with Gasteiger partial charge in [-0.1, -0.05) is 19.7 Å². The van der Waals surface area contributed by atoms with Gasteiger partial charge in [0.15, 0.2) is 0 Å². The molecular weight excluding hydrogens is 324 g/mol. The van der Waals surface area contributed by atoms with Gasteiger partial charge in [0, 0.05) is 18.2 Å². The van der Waals surface area contributed by atoms with E-state index in [1.807, 2.05) is 0 Å². The molecule has 9 nitrogen and oxygen atoms in total. The summed E-state index contributed by atoms with van der Waals surface area (Å²) in [6.07, 6.45) is 3.11. The summed E-state index contributed by atoms with van der Waals surface area (Å²) >= 11 is 0. The molecule has 0 rings (SSSR count). The Morgan fingerprint density at radius 1 is 0.625 bits per heavy atom. The average Bonchev–Trinajstić information content (AvgIpc) is 2.62. The highest BCUT2D eigenvalue weighted by molar-refractivity contribution is 5.81. The van der Waals surface area contributed by atoms with Crippen LogP contribution < -0.4 is 0 Å². The summed E-state index contributed by atoms with van der Waals surface area (Å²) in [6.45, 7) is 15.7. The van der Waals surface area contributed by atoms with Crippen LogP contribution in [-0.4, -0.2) is 37.7 Å². The summed E-state index contributed by atoms with van der Waals surface area (Å²) < 4.78 is 0. The number of carbonyl (C=O) groups excluding carboxylic acids is 3. The van der Waals surface area contributed by atoms with Gasteiger partial charge < -0.3 is 0 Å². The van der Waals surface area contributed by atoms with Crippen LogP contribution in [-0.2, 0) is 43.7 Å². The van der Waals surface area contributed by atoms with Gasteiger partial charge in [0.25, 0.3) is 0 Å². The predicted molar refractivity (Wildman–Crippen MR) is 83.7 cm³/mol. The zero-order chi connectivity index (χ0) is 19.2. The smallest absolute Gasteiger partial charge is 0.294 e. The van der Waals surface area contributed by atoms with E-state index in [1.54, 1.807) is 20.8 Å². The molecule has 0 spiro atoms. The molecule has 0 atom stereocenters. The Kier molecular flexibility index (Phi) is 25.1. The van der Waals surface area contributed by atoms with Crippen LogP contribution in [0.25, 0.3) is 0 Å². The Bertz CT molecular complexity index is 320. The largest absolute Gasteiger partial charge is 0.365 e. The maximum absolute atomic E-state index is 10.1. The Labute approximate surface area is 141 Å². The third-order valence-electron chi connectivity index (χ3n) is 1.28. The lowest BCUT2D eigenvalue weighted by Gasteiger charge is -1.93. The van der Waals surface area contributed by atoms with Gasteiger partial charge in [0.05, 0.1) is 19.8 Å². The van der Waals surface area contributed by atoms with E-state index >= 15 is 0 Å². The van der Waals surface area contributed by atoms with Crippen LogP contribution in [0.15, 0.2) is 38.0 Å². The average molecular weight is 348 g/mol. The number of rotatable bonds is 9. The first-order valence-corrected chi connectivity index (χ1v) is 6.80. The van der Waals surface area contributed by atoms with Gasteiger partial charge in [0.2, 0.25) is 0 Å². The fourth-order valence-corrected chi connectivity index (χ4v) is 0.453. The molecule has 0 N–H and O–H groups in total. The molecule has 0 saturated carbocycles. The van der Waals surface area contributed by atoms with Gasteiger partial charge in [-0.05, 0) is 20.8 Å². The first-order chi connectivity index (χ1) is 11.4. The van der Waals surface area contributed by atoms with E-state index < -0.39 is 17.9 Å². The molecule has 0 radical (unpaired) electrons. The molecule has 138 valence electrons. The van der Waals surface area contributed by atoms with Crippen LogP contribution in [0.3, 0.4) is 0 Å². The highest BCUT2D eigenvalue weighted by Gasteiger charge is 1.92. The zero-order valence-electron chi connectivity index (χ0n) is 14.1. The van der Waals surface area contributed by atoms with Crippen molar-refractivity contribution in [2.45, 2.75) is 20.8 Å². The first-order valence-electron chi connectivity index (χ1n) is 6.80. The minimum Gasteiger partial charge on any atom is -0.294 e. The van der Waals surface area contributed by atoms with Crippen molar-refractivity contribution in [3.63, 3.8) is 0 Å². The van der Waals surface area contributed by atoms with Gasteiger partial charge in [-0.2, -0.15) is 14.7 Å². The van der Waals surface area contributed by atoms with E-state index in [0.29, 0.717) is 19.8 Å². The topological polar surface area (TPSA) is 107 Å². The van der Waals surface area contributed by atoms with E-state index in [0.717, 1.165) is 18.2 Å². The van der Waals surface area contributed by atoms with Gasteiger partial charge in [-0.15, -0.1) is 0 Å². The Morgan fingerprint density at radius 3 is 0.958 bits per heavy atom. The number of hydrogen-bond donors (Lipinski definition) is 0. The second-order valence-electron chi connectivity index (χ2n) is 3.04. The van der Waals surface area contributed by atoms with Crippen molar-refractivity contribution < 1.29 is 43.7 Å². The summed E-state index contributed by atoms with van der Waals surface area (Å²) in [7, 11) is 0. The molecule has 0 aromatic heterocycles. The van der Waals surface area contributed by atoms with Gasteiger partial charge in [-0.25, -0.2) is 14.4 Å². The van der Waals surface area contributed by atoms with Crippen LogP contribution in [0.2, 0.25) is 0 Å². The van der Waals surface area contributed by atoms with E-state index in [9.17, 15) is 14.4 Å². The fraction of sp³-hybridized carbons (Fsp3) is 0.400. The molecule has 0 aliphatic rings. The molecule has 0 saturated heterocycles. The van der Waals surface area contributed by atoms with E-state index in [2.05, 4.69) is 49.1 Å². The van der Waals surface area contributed by atoms with Crippen molar-refractivity contribution in [3.05, 3.63) is 38.0 Å². The summed E-state index contributed by atoms with van der Waals surface area (Å²) in [5, 5.41) is 0. The molecule has 0 aromatic rings. The minimum absolute atomic E-state index is 0.361. The van der Waals surface area contributed by atoms with Gasteiger partial charge in [0.1, 0.15) is 0 Å². The summed E-state index contributed by atoms with van der Waals surface area (Å²) in [4.78, 5) is 55.4.